The van der Waals surface area contributed by atoms with Gasteiger partial charge in [-0.25, -0.2) is 4.98 Å². The Labute approximate surface area is 150 Å². The summed E-state index contributed by atoms with van der Waals surface area (Å²) in [4.78, 5) is 18.5. The Hall–Kier alpha value is -2.67. The maximum atomic E-state index is 12.3. The van der Waals surface area contributed by atoms with Crippen LogP contribution in [0.4, 0.5) is 0 Å². The van der Waals surface area contributed by atoms with Crippen molar-refractivity contribution < 1.29 is 4.79 Å². The molecule has 3 rings (SSSR count). The van der Waals surface area contributed by atoms with Crippen molar-refractivity contribution >= 4 is 39.7 Å². The Morgan fingerprint density at radius 2 is 1.96 bits per heavy atom. The lowest BCUT2D eigenvalue weighted by molar-refractivity contribution is -0.127. The summed E-state index contributed by atoms with van der Waals surface area (Å²) >= 11 is 1.28. The molecular weight excluding hydrogens is 334 g/mol. The van der Waals surface area contributed by atoms with Crippen LogP contribution in [0.3, 0.4) is 0 Å². The van der Waals surface area contributed by atoms with E-state index < -0.39 is 0 Å². The predicted octanol–water partition coefficient (Wildman–Crippen LogP) is 2.81. The van der Waals surface area contributed by atoms with Gasteiger partial charge in [-0.2, -0.15) is 0 Å². The van der Waals surface area contributed by atoms with Gasteiger partial charge in [-0.3, -0.25) is 4.79 Å². The predicted molar refractivity (Wildman–Crippen MR) is 102 cm³/mol. The molecule has 7 heteroatoms. The van der Waals surface area contributed by atoms with Crippen LogP contribution >= 0.6 is 11.8 Å². The molecule has 0 radical (unpaired) electrons. The molecule has 0 aliphatic carbocycles. The maximum Gasteiger partial charge on any atom is 0.233 e. The first-order valence-corrected chi connectivity index (χ1v) is 8.84. The van der Waals surface area contributed by atoms with Crippen LogP contribution in [-0.2, 0) is 11.8 Å². The van der Waals surface area contributed by atoms with Crippen LogP contribution in [0.15, 0.2) is 54.7 Å². The average Bonchev–Trinajstić information content (AvgIpc) is 2.92. The Kier molecular flexibility index (Phi) is 5.14. The number of aromatic nitrogens is 4. The first-order valence-electron chi connectivity index (χ1n) is 7.86. The van der Waals surface area contributed by atoms with Crippen LogP contribution in [0.25, 0.3) is 22.1 Å². The van der Waals surface area contributed by atoms with Crippen molar-refractivity contribution in [3.8, 4) is 0 Å². The van der Waals surface area contributed by atoms with Crippen molar-refractivity contribution in [2.24, 2.45) is 7.05 Å². The fourth-order valence-electron chi connectivity index (χ4n) is 2.66. The molecule has 1 aromatic carbocycles. The van der Waals surface area contributed by atoms with E-state index in [2.05, 4.69) is 28.3 Å². The number of para-hydroxylation sites is 1. The highest BCUT2D eigenvalue weighted by molar-refractivity contribution is 7.99. The first-order chi connectivity index (χ1) is 12.2. The zero-order valence-corrected chi connectivity index (χ0v) is 14.9. The molecule has 0 bridgehead atoms. The molecule has 0 aliphatic heterocycles. The van der Waals surface area contributed by atoms with Crippen molar-refractivity contribution in [2.45, 2.75) is 5.16 Å². The number of hydrogen-bond donors (Lipinski definition) is 0. The zero-order valence-electron chi connectivity index (χ0n) is 14.1. The summed E-state index contributed by atoms with van der Waals surface area (Å²) < 4.78 is 1.99. The van der Waals surface area contributed by atoms with Crippen LogP contribution in [0, 0.1) is 0 Å². The Morgan fingerprint density at radius 3 is 2.68 bits per heavy atom. The number of thioether (sulfide) groups is 1. The molecule has 3 aromatic rings. The molecule has 0 saturated heterocycles. The van der Waals surface area contributed by atoms with Crippen molar-refractivity contribution in [3.63, 3.8) is 0 Å². The van der Waals surface area contributed by atoms with E-state index in [-0.39, 0.29) is 11.7 Å². The minimum absolute atomic E-state index is 0.00876. The Balaban J connectivity index is 1.81. The molecule has 0 spiro atoms. The maximum absolute atomic E-state index is 12.3. The van der Waals surface area contributed by atoms with Crippen LogP contribution < -0.4 is 0 Å². The van der Waals surface area contributed by atoms with Crippen LogP contribution in [0.2, 0.25) is 0 Å². The van der Waals surface area contributed by atoms with Crippen LogP contribution in [0.1, 0.15) is 0 Å². The third kappa shape index (κ3) is 3.41. The SMILES string of the molecule is C=CCN(CC=C)C(=O)CSc1nnc2c3ccccc3n(C)c2n1. The van der Waals surface area contributed by atoms with E-state index in [0.29, 0.717) is 18.2 Å². The van der Waals surface area contributed by atoms with Gasteiger partial charge >= 0.3 is 0 Å². The van der Waals surface area contributed by atoms with Gasteiger partial charge in [-0.05, 0) is 6.07 Å². The van der Waals surface area contributed by atoms with Gasteiger partial charge in [-0.15, -0.1) is 23.4 Å². The number of nitrogens with zero attached hydrogens (tertiary/aromatic N) is 5. The molecule has 0 fully saturated rings. The van der Waals surface area contributed by atoms with E-state index in [1.54, 1.807) is 17.1 Å². The normalized spacial score (nSPS) is 10.9. The molecule has 1 amide bonds. The van der Waals surface area contributed by atoms with E-state index in [1.807, 2.05) is 35.9 Å². The highest BCUT2D eigenvalue weighted by atomic mass is 32.2. The monoisotopic (exact) mass is 353 g/mol. The molecule has 0 unspecified atom stereocenters. The van der Waals surface area contributed by atoms with Gasteiger partial charge in [-0.1, -0.05) is 42.1 Å². The van der Waals surface area contributed by atoms with Gasteiger partial charge in [0.15, 0.2) is 5.65 Å². The zero-order chi connectivity index (χ0) is 17.8. The first kappa shape index (κ1) is 17.2. The van der Waals surface area contributed by atoms with Gasteiger partial charge in [0.2, 0.25) is 11.1 Å². The highest BCUT2D eigenvalue weighted by Gasteiger charge is 2.15. The van der Waals surface area contributed by atoms with Crippen molar-refractivity contribution in [2.75, 3.05) is 18.8 Å². The standard InChI is InChI=1S/C18H19N5OS/c1-4-10-23(11-5-2)15(24)12-25-18-19-17-16(20-21-18)13-8-6-7-9-14(13)22(17)3/h4-9H,1-2,10-12H2,3H3. The van der Waals surface area contributed by atoms with Crippen LogP contribution in [0.5, 0.6) is 0 Å². The van der Waals surface area contributed by atoms with E-state index in [0.717, 1.165) is 22.1 Å². The molecule has 6 nitrogen and oxygen atoms in total. The number of carbonyl (C=O) groups excluding carboxylic acids is 1. The number of fused-ring (bicyclic) bond motifs is 3. The minimum atomic E-state index is -0.00876. The molecule has 0 aliphatic rings. The molecule has 2 heterocycles. The number of aryl methyl sites for hydroxylation is 1. The quantitative estimate of drug-likeness (QED) is 0.483. The van der Waals surface area contributed by atoms with E-state index in [1.165, 1.54) is 11.8 Å². The summed E-state index contributed by atoms with van der Waals surface area (Å²) in [5.41, 5.74) is 2.59. The van der Waals surface area contributed by atoms with Crippen molar-refractivity contribution in [3.05, 3.63) is 49.6 Å². The fraction of sp³-hybridized carbons (Fsp3) is 0.222. The molecule has 128 valence electrons. The summed E-state index contributed by atoms with van der Waals surface area (Å²) in [6.07, 6.45) is 3.40. The molecular formula is C18H19N5OS. The molecule has 25 heavy (non-hydrogen) atoms. The third-order valence-corrected chi connectivity index (χ3v) is 4.69. The molecule has 0 N–H and O–H groups in total. The van der Waals surface area contributed by atoms with Gasteiger partial charge in [0.1, 0.15) is 5.52 Å². The fourth-order valence-corrected chi connectivity index (χ4v) is 3.35. The summed E-state index contributed by atoms with van der Waals surface area (Å²) in [7, 11) is 1.95. The summed E-state index contributed by atoms with van der Waals surface area (Å²) in [5, 5.41) is 10.00. The second-order valence-corrected chi connectivity index (χ2v) is 6.45. The van der Waals surface area contributed by atoms with E-state index in [9.17, 15) is 4.79 Å². The number of benzene rings is 1. The lowest BCUT2D eigenvalue weighted by atomic mass is 10.2. The van der Waals surface area contributed by atoms with Crippen molar-refractivity contribution in [1.82, 2.24) is 24.6 Å². The summed E-state index contributed by atoms with van der Waals surface area (Å²) in [5.74, 6) is 0.240. The van der Waals surface area contributed by atoms with E-state index in [4.69, 9.17) is 0 Å². The van der Waals surface area contributed by atoms with Gasteiger partial charge in [0.25, 0.3) is 0 Å². The largest absolute Gasteiger partial charge is 0.335 e. The van der Waals surface area contributed by atoms with Crippen molar-refractivity contribution in [1.29, 1.82) is 0 Å². The number of carbonyl (C=O) groups is 1. The minimum Gasteiger partial charge on any atom is -0.335 e. The van der Waals surface area contributed by atoms with Crippen LogP contribution in [-0.4, -0.2) is 49.4 Å². The Bertz CT molecular complexity index is 939. The number of amides is 1. The average molecular weight is 353 g/mol. The topological polar surface area (TPSA) is 63.9 Å². The highest BCUT2D eigenvalue weighted by Crippen LogP contribution is 2.25. The van der Waals surface area contributed by atoms with Gasteiger partial charge in [0, 0.05) is 25.5 Å². The summed E-state index contributed by atoms with van der Waals surface area (Å²) in [6, 6.07) is 7.99. The lowest BCUT2D eigenvalue weighted by Gasteiger charge is -2.18. The summed E-state index contributed by atoms with van der Waals surface area (Å²) in [6.45, 7) is 8.34. The lowest BCUT2D eigenvalue weighted by Crippen LogP contribution is -2.32. The van der Waals surface area contributed by atoms with Gasteiger partial charge < -0.3 is 9.47 Å². The van der Waals surface area contributed by atoms with E-state index >= 15 is 0 Å². The second kappa shape index (κ2) is 7.48. The second-order valence-electron chi connectivity index (χ2n) is 5.51. The molecule has 0 atom stereocenters. The number of hydrogen-bond acceptors (Lipinski definition) is 5. The Morgan fingerprint density at radius 1 is 1.24 bits per heavy atom. The molecule has 2 aromatic heterocycles. The smallest absolute Gasteiger partial charge is 0.233 e. The third-order valence-electron chi connectivity index (χ3n) is 3.86. The van der Waals surface area contributed by atoms with Gasteiger partial charge in [0.05, 0.1) is 11.3 Å². The number of rotatable bonds is 7. The molecule has 0 saturated carbocycles.